The van der Waals surface area contributed by atoms with Crippen molar-refractivity contribution in [3.8, 4) is 0 Å². The van der Waals surface area contributed by atoms with Gasteiger partial charge in [0.15, 0.2) is 0 Å². The molecule has 0 spiro atoms. The minimum Gasteiger partial charge on any atom is -0.354 e. The Kier molecular flexibility index (Phi) is 4.66. The maximum Gasteiger partial charge on any atom is 0.251 e. The second-order valence-electron chi connectivity index (χ2n) is 4.45. The van der Waals surface area contributed by atoms with E-state index in [1.54, 1.807) is 12.1 Å². The minimum atomic E-state index is -0.237. The lowest BCUT2D eigenvalue weighted by Gasteiger charge is -2.07. The molecule has 1 saturated carbocycles. The van der Waals surface area contributed by atoms with Crippen LogP contribution in [0.1, 0.15) is 23.2 Å². The van der Waals surface area contributed by atoms with Crippen LogP contribution in [0.2, 0.25) is 10.0 Å². The van der Waals surface area contributed by atoms with Crippen LogP contribution in [-0.2, 0) is 4.79 Å². The van der Waals surface area contributed by atoms with E-state index < -0.39 is 0 Å². The van der Waals surface area contributed by atoms with Crippen LogP contribution in [0.5, 0.6) is 0 Å². The minimum absolute atomic E-state index is 0.0730. The number of carbonyl (C=O) groups is 2. The first-order valence-electron chi connectivity index (χ1n) is 6.09. The summed E-state index contributed by atoms with van der Waals surface area (Å²) in [6, 6.07) is 4.70. The highest BCUT2D eigenvalue weighted by molar-refractivity contribution is 6.42. The summed E-state index contributed by atoms with van der Waals surface area (Å²) >= 11 is 11.6. The van der Waals surface area contributed by atoms with Gasteiger partial charge in [0.25, 0.3) is 5.91 Å². The lowest BCUT2D eigenvalue weighted by molar-refractivity contribution is -0.122. The number of rotatable bonds is 5. The SMILES string of the molecule is O=C(NCCNC(=O)C1CC1)c1ccc(Cl)c(Cl)c1. The third-order valence-electron chi connectivity index (χ3n) is 2.84. The highest BCUT2D eigenvalue weighted by Gasteiger charge is 2.28. The van der Waals surface area contributed by atoms with Crippen molar-refractivity contribution < 1.29 is 9.59 Å². The van der Waals surface area contributed by atoms with Crippen molar-refractivity contribution in [1.82, 2.24) is 10.6 Å². The van der Waals surface area contributed by atoms with Crippen molar-refractivity contribution in [3.63, 3.8) is 0 Å². The third-order valence-corrected chi connectivity index (χ3v) is 3.58. The lowest BCUT2D eigenvalue weighted by atomic mass is 10.2. The molecule has 0 saturated heterocycles. The summed E-state index contributed by atoms with van der Waals surface area (Å²) in [5.74, 6) is 0.0220. The number of hydrogen-bond donors (Lipinski definition) is 2. The zero-order chi connectivity index (χ0) is 13.8. The molecule has 0 heterocycles. The molecule has 1 fully saturated rings. The molecule has 102 valence electrons. The summed E-state index contributed by atoms with van der Waals surface area (Å²) in [7, 11) is 0. The third kappa shape index (κ3) is 4.11. The maximum absolute atomic E-state index is 11.8. The lowest BCUT2D eigenvalue weighted by Crippen LogP contribution is -2.35. The summed E-state index contributed by atoms with van der Waals surface area (Å²) < 4.78 is 0. The second kappa shape index (κ2) is 6.26. The largest absolute Gasteiger partial charge is 0.354 e. The van der Waals surface area contributed by atoms with Gasteiger partial charge < -0.3 is 10.6 Å². The van der Waals surface area contributed by atoms with Crippen molar-refractivity contribution in [3.05, 3.63) is 33.8 Å². The Morgan fingerprint density at radius 1 is 1.11 bits per heavy atom. The van der Waals surface area contributed by atoms with E-state index in [1.165, 1.54) is 6.07 Å². The summed E-state index contributed by atoms with van der Waals surface area (Å²) in [4.78, 5) is 23.1. The van der Waals surface area contributed by atoms with Gasteiger partial charge in [-0.25, -0.2) is 0 Å². The van der Waals surface area contributed by atoms with Crippen molar-refractivity contribution >= 4 is 35.0 Å². The van der Waals surface area contributed by atoms with Gasteiger partial charge in [-0.3, -0.25) is 9.59 Å². The number of benzene rings is 1. The molecule has 4 nitrogen and oxygen atoms in total. The molecular weight excluding hydrogens is 287 g/mol. The second-order valence-corrected chi connectivity index (χ2v) is 5.26. The van der Waals surface area contributed by atoms with Crippen LogP contribution in [0.3, 0.4) is 0 Å². The number of amides is 2. The van der Waals surface area contributed by atoms with E-state index in [0.717, 1.165) is 12.8 Å². The Hall–Kier alpha value is -1.26. The summed E-state index contributed by atoms with van der Waals surface area (Å²) in [5.41, 5.74) is 0.447. The van der Waals surface area contributed by atoms with Crippen molar-refractivity contribution in [2.45, 2.75) is 12.8 Å². The van der Waals surface area contributed by atoms with Crippen LogP contribution in [-0.4, -0.2) is 24.9 Å². The van der Waals surface area contributed by atoms with E-state index >= 15 is 0 Å². The van der Waals surface area contributed by atoms with Crippen LogP contribution >= 0.6 is 23.2 Å². The van der Waals surface area contributed by atoms with Crippen LogP contribution in [0.15, 0.2) is 18.2 Å². The fourth-order valence-corrected chi connectivity index (χ4v) is 1.89. The summed E-state index contributed by atoms with van der Waals surface area (Å²) in [6.07, 6.45) is 1.95. The predicted molar refractivity (Wildman–Crippen MR) is 74.5 cm³/mol. The topological polar surface area (TPSA) is 58.2 Å². The van der Waals surface area contributed by atoms with Crippen LogP contribution in [0, 0.1) is 5.92 Å². The quantitative estimate of drug-likeness (QED) is 0.820. The first kappa shape index (κ1) is 14.2. The monoisotopic (exact) mass is 300 g/mol. The molecule has 0 unspecified atom stereocenters. The van der Waals surface area contributed by atoms with Crippen molar-refractivity contribution in [1.29, 1.82) is 0 Å². The van der Waals surface area contributed by atoms with E-state index in [-0.39, 0.29) is 17.7 Å². The molecule has 0 atom stereocenters. The molecule has 6 heteroatoms. The molecule has 0 aromatic heterocycles. The highest BCUT2D eigenvalue weighted by atomic mass is 35.5. The van der Waals surface area contributed by atoms with Gasteiger partial charge in [-0.05, 0) is 31.0 Å². The Balaban J connectivity index is 1.74. The zero-order valence-corrected chi connectivity index (χ0v) is 11.7. The Bertz CT molecular complexity index is 501. The molecule has 2 amide bonds. The van der Waals surface area contributed by atoms with E-state index in [9.17, 15) is 9.59 Å². The molecule has 1 aliphatic carbocycles. The summed E-state index contributed by atoms with van der Waals surface area (Å²) in [5, 5.41) is 6.23. The molecular formula is C13H14Cl2N2O2. The molecule has 0 aliphatic heterocycles. The van der Waals surface area contributed by atoms with Gasteiger partial charge in [0, 0.05) is 24.6 Å². The van der Waals surface area contributed by atoms with Crippen LogP contribution in [0.4, 0.5) is 0 Å². The number of hydrogen-bond acceptors (Lipinski definition) is 2. The number of halogens is 2. The maximum atomic E-state index is 11.8. The molecule has 0 bridgehead atoms. The van der Waals surface area contributed by atoms with E-state index in [4.69, 9.17) is 23.2 Å². The average molecular weight is 301 g/mol. The van der Waals surface area contributed by atoms with Gasteiger partial charge in [-0.1, -0.05) is 23.2 Å². The normalized spacial score (nSPS) is 14.0. The molecule has 2 rings (SSSR count). The zero-order valence-electron chi connectivity index (χ0n) is 10.2. The number of carbonyl (C=O) groups excluding carboxylic acids is 2. The Morgan fingerprint density at radius 2 is 1.79 bits per heavy atom. The average Bonchev–Trinajstić information content (AvgIpc) is 3.21. The molecule has 1 aromatic carbocycles. The Morgan fingerprint density at radius 3 is 2.42 bits per heavy atom. The molecule has 0 radical (unpaired) electrons. The van der Waals surface area contributed by atoms with E-state index in [0.29, 0.717) is 28.7 Å². The van der Waals surface area contributed by atoms with Crippen LogP contribution in [0.25, 0.3) is 0 Å². The van der Waals surface area contributed by atoms with Crippen molar-refractivity contribution in [2.24, 2.45) is 5.92 Å². The number of nitrogens with one attached hydrogen (secondary N) is 2. The first-order valence-corrected chi connectivity index (χ1v) is 6.84. The van der Waals surface area contributed by atoms with Gasteiger partial charge in [-0.15, -0.1) is 0 Å². The molecule has 1 aromatic rings. The molecule has 2 N–H and O–H groups in total. The first-order chi connectivity index (χ1) is 9.08. The van der Waals surface area contributed by atoms with Gasteiger partial charge in [0.2, 0.25) is 5.91 Å². The smallest absolute Gasteiger partial charge is 0.251 e. The van der Waals surface area contributed by atoms with Crippen molar-refractivity contribution in [2.75, 3.05) is 13.1 Å². The van der Waals surface area contributed by atoms with Gasteiger partial charge >= 0.3 is 0 Å². The van der Waals surface area contributed by atoms with Gasteiger partial charge in [0.05, 0.1) is 10.0 Å². The molecule has 19 heavy (non-hydrogen) atoms. The van der Waals surface area contributed by atoms with E-state index in [1.807, 2.05) is 0 Å². The fraction of sp³-hybridized carbons (Fsp3) is 0.385. The van der Waals surface area contributed by atoms with Gasteiger partial charge in [0.1, 0.15) is 0 Å². The van der Waals surface area contributed by atoms with Crippen LogP contribution < -0.4 is 10.6 Å². The molecule has 1 aliphatic rings. The fourth-order valence-electron chi connectivity index (χ4n) is 1.59. The van der Waals surface area contributed by atoms with E-state index in [2.05, 4.69) is 10.6 Å². The Labute approximate surface area is 121 Å². The van der Waals surface area contributed by atoms with Gasteiger partial charge in [-0.2, -0.15) is 0 Å². The predicted octanol–water partition coefficient (Wildman–Crippen LogP) is 2.25. The summed E-state index contributed by atoms with van der Waals surface area (Å²) in [6.45, 7) is 0.819. The standard InChI is InChI=1S/C13H14Cl2N2O2/c14-10-4-3-9(7-11(10)15)13(19)17-6-5-16-12(18)8-1-2-8/h3-4,7-8H,1-2,5-6H2,(H,16,18)(H,17,19). The highest BCUT2D eigenvalue weighted by Crippen LogP contribution is 2.28.